The number of nitrogens with zero attached hydrogens (tertiary/aromatic N) is 2. The summed E-state index contributed by atoms with van der Waals surface area (Å²) in [5.41, 5.74) is 2.04. The lowest BCUT2D eigenvalue weighted by Gasteiger charge is -2.00. The van der Waals surface area contributed by atoms with Crippen molar-refractivity contribution in [3.63, 3.8) is 0 Å². The average molecular weight is 384 g/mol. The molecule has 0 bridgehead atoms. The standard InChI is InChI=1S/C19H11ClFN3OS/c20-14-5-4-13(21)10-16(14)23-19-24-18(25)17(26-19)9-11-3-6-15-12(8-11)2-1-7-22-15/h1-10H,(H,23,24,25). The van der Waals surface area contributed by atoms with Gasteiger partial charge in [-0.2, -0.15) is 0 Å². The van der Waals surface area contributed by atoms with E-state index >= 15 is 0 Å². The van der Waals surface area contributed by atoms with Crippen LogP contribution in [0.5, 0.6) is 0 Å². The second kappa shape index (κ2) is 6.90. The van der Waals surface area contributed by atoms with E-state index in [1.54, 1.807) is 12.3 Å². The number of amidine groups is 1. The van der Waals surface area contributed by atoms with Crippen LogP contribution in [-0.2, 0) is 4.79 Å². The summed E-state index contributed by atoms with van der Waals surface area (Å²) in [6.07, 6.45) is 3.52. The maximum absolute atomic E-state index is 13.4. The largest absolute Gasteiger partial charge is 0.300 e. The summed E-state index contributed by atoms with van der Waals surface area (Å²) in [6.45, 7) is 0. The lowest BCUT2D eigenvalue weighted by molar-refractivity contribution is -0.115. The molecule has 0 aliphatic carbocycles. The zero-order valence-corrected chi connectivity index (χ0v) is 14.8. The predicted molar refractivity (Wildman–Crippen MR) is 104 cm³/mol. The molecular weight excluding hydrogens is 373 g/mol. The van der Waals surface area contributed by atoms with Gasteiger partial charge in [0.1, 0.15) is 5.82 Å². The Labute approximate surface area is 157 Å². The fourth-order valence-corrected chi connectivity index (χ4v) is 3.49. The second-order valence-electron chi connectivity index (χ2n) is 5.53. The number of amides is 1. The van der Waals surface area contributed by atoms with E-state index in [0.29, 0.717) is 15.1 Å². The number of carbonyl (C=O) groups excluding carboxylic acids is 1. The molecule has 1 N–H and O–H groups in total. The average Bonchev–Trinajstić information content (AvgIpc) is 2.97. The molecule has 0 radical (unpaired) electrons. The van der Waals surface area contributed by atoms with E-state index in [4.69, 9.17) is 11.6 Å². The molecule has 1 fully saturated rings. The quantitative estimate of drug-likeness (QED) is 0.639. The van der Waals surface area contributed by atoms with Gasteiger partial charge in [0.05, 0.1) is 21.1 Å². The highest BCUT2D eigenvalue weighted by atomic mass is 35.5. The highest BCUT2D eigenvalue weighted by Crippen LogP contribution is 2.31. The fraction of sp³-hybridized carbons (Fsp3) is 0. The van der Waals surface area contributed by atoms with Gasteiger partial charge < -0.3 is 5.32 Å². The first kappa shape index (κ1) is 16.8. The van der Waals surface area contributed by atoms with E-state index in [9.17, 15) is 9.18 Å². The molecule has 7 heteroatoms. The summed E-state index contributed by atoms with van der Waals surface area (Å²) in [5.74, 6) is -0.698. The Morgan fingerprint density at radius 1 is 1.19 bits per heavy atom. The minimum absolute atomic E-state index is 0.257. The lowest BCUT2D eigenvalue weighted by atomic mass is 10.1. The Kier molecular flexibility index (Phi) is 4.44. The maximum Gasteiger partial charge on any atom is 0.264 e. The van der Waals surface area contributed by atoms with Crippen molar-refractivity contribution in [1.29, 1.82) is 0 Å². The lowest BCUT2D eigenvalue weighted by Crippen LogP contribution is -2.19. The number of pyridine rings is 1. The van der Waals surface area contributed by atoms with Gasteiger partial charge in [0.15, 0.2) is 5.17 Å². The molecule has 1 saturated heterocycles. The number of rotatable bonds is 2. The first-order valence-electron chi connectivity index (χ1n) is 7.68. The van der Waals surface area contributed by atoms with Gasteiger partial charge >= 0.3 is 0 Å². The number of thioether (sulfide) groups is 1. The highest BCUT2D eigenvalue weighted by Gasteiger charge is 2.24. The third kappa shape index (κ3) is 3.47. The smallest absolute Gasteiger partial charge is 0.264 e. The van der Waals surface area contributed by atoms with Crippen LogP contribution in [0.2, 0.25) is 5.02 Å². The normalized spacial score (nSPS) is 17.2. The SMILES string of the molecule is O=C1NC(=Nc2cc(F)ccc2Cl)SC1=Cc1ccc2ncccc2c1. The van der Waals surface area contributed by atoms with Crippen LogP contribution in [0.25, 0.3) is 17.0 Å². The first-order chi connectivity index (χ1) is 12.6. The van der Waals surface area contributed by atoms with Crippen molar-refractivity contribution < 1.29 is 9.18 Å². The topological polar surface area (TPSA) is 54.4 Å². The minimum atomic E-state index is -0.441. The molecule has 2 heterocycles. The number of carbonyl (C=O) groups is 1. The van der Waals surface area contributed by atoms with E-state index < -0.39 is 5.82 Å². The number of aromatic nitrogens is 1. The van der Waals surface area contributed by atoms with Crippen LogP contribution >= 0.6 is 23.4 Å². The van der Waals surface area contributed by atoms with Crippen LogP contribution in [0.15, 0.2) is 64.6 Å². The van der Waals surface area contributed by atoms with Crippen LogP contribution in [0.3, 0.4) is 0 Å². The number of hydrogen-bond acceptors (Lipinski definition) is 4. The molecular formula is C19H11ClFN3OS. The van der Waals surface area contributed by atoms with Gasteiger partial charge in [0.25, 0.3) is 5.91 Å². The Bertz CT molecular complexity index is 1100. The zero-order chi connectivity index (χ0) is 18.1. The summed E-state index contributed by atoms with van der Waals surface area (Å²) >= 11 is 7.20. The molecule has 4 rings (SSSR count). The van der Waals surface area contributed by atoms with Crippen LogP contribution in [0.4, 0.5) is 10.1 Å². The van der Waals surface area contributed by atoms with Gasteiger partial charge in [0, 0.05) is 17.6 Å². The van der Waals surface area contributed by atoms with Gasteiger partial charge in [0.2, 0.25) is 0 Å². The summed E-state index contributed by atoms with van der Waals surface area (Å²) < 4.78 is 13.4. The molecule has 3 aromatic rings. The van der Waals surface area contributed by atoms with Gasteiger partial charge in [-0.05, 0) is 53.7 Å². The number of nitrogens with one attached hydrogen (secondary N) is 1. The van der Waals surface area contributed by atoms with Crippen molar-refractivity contribution in [3.05, 3.63) is 76.0 Å². The molecule has 26 heavy (non-hydrogen) atoms. The van der Waals surface area contributed by atoms with Crippen molar-refractivity contribution >= 4 is 57.1 Å². The van der Waals surface area contributed by atoms with Crippen molar-refractivity contribution in [2.45, 2.75) is 0 Å². The fourth-order valence-electron chi connectivity index (χ4n) is 2.50. The van der Waals surface area contributed by atoms with Crippen molar-refractivity contribution in [2.24, 2.45) is 4.99 Å². The van der Waals surface area contributed by atoms with Crippen molar-refractivity contribution in [1.82, 2.24) is 10.3 Å². The van der Waals surface area contributed by atoms with Gasteiger partial charge in [-0.3, -0.25) is 9.78 Å². The number of halogens is 2. The molecule has 128 valence electrons. The molecule has 1 aromatic heterocycles. The Morgan fingerprint density at radius 2 is 2.08 bits per heavy atom. The Morgan fingerprint density at radius 3 is 2.96 bits per heavy atom. The molecule has 1 amide bonds. The molecule has 1 aliphatic rings. The molecule has 0 saturated carbocycles. The van der Waals surface area contributed by atoms with Gasteiger partial charge in [-0.1, -0.05) is 23.7 Å². The van der Waals surface area contributed by atoms with Crippen molar-refractivity contribution in [3.8, 4) is 0 Å². The van der Waals surface area contributed by atoms with E-state index in [0.717, 1.165) is 16.5 Å². The van der Waals surface area contributed by atoms with Crippen molar-refractivity contribution in [2.75, 3.05) is 0 Å². The van der Waals surface area contributed by atoms with Crippen LogP contribution in [0, 0.1) is 5.82 Å². The van der Waals surface area contributed by atoms with E-state index in [1.807, 2.05) is 30.3 Å². The molecule has 2 aromatic carbocycles. The first-order valence-corrected chi connectivity index (χ1v) is 8.87. The monoisotopic (exact) mass is 383 g/mol. The van der Waals surface area contributed by atoms with E-state index in [1.165, 1.54) is 30.0 Å². The van der Waals surface area contributed by atoms with Crippen LogP contribution in [0.1, 0.15) is 5.56 Å². The second-order valence-corrected chi connectivity index (χ2v) is 6.97. The number of aliphatic imine (C=N–C) groups is 1. The summed E-state index contributed by atoms with van der Waals surface area (Å²) in [6, 6.07) is 13.5. The highest BCUT2D eigenvalue weighted by molar-refractivity contribution is 8.18. The zero-order valence-electron chi connectivity index (χ0n) is 13.2. The van der Waals surface area contributed by atoms with Crippen LogP contribution in [-0.4, -0.2) is 16.1 Å². The number of benzene rings is 2. The molecule has 1 aliphatic heterocycles. The third-order valence-electron chi connectivity index (χ3n) is 3.71. The van der Waals surface area contributed by atoms with E-state index in [-0.39, 0.29) is 11.6 Å². The predicted octanol–water partition coefficient (Wildman–Crippen LogP) is 4.92. The molecule has 0 atom stereocenters. The number of fused-ring (bicyclic) bond motifs is 1. The molecule has 0 spiro atoms. The Balaban J connectivity index is 1.63. The minimum Gasteiger partial charge on any atom is -0.300 e. The van der Waals surface area contributed by atoms with Gasteiger partial charge in [-0.25, -0.2) is 9.38 Å². The summed E-state index contributed by atoms with van der Waals surface area (Å²) in [7, 11) is 0. The molecule has 4 nitrogen and oxygen atoms in total. The summed E-state index contributed by atoms with van der Waals surface area (Å²) in [5, 5.41) is 4.33. The molecule has 0 unspecified atom stereocenters. The Hall–Kier alpha value is -2.70. The maximum atomic E-state index is 13.4. The third-order valence-corrected chi connectivity index (χ3v) is 4.94. The van der Waals surface area contributed by atoms with Gasteiger partial charge in [-0.15, -0.1) is 0 Å². The van der Waals surface area contributed by atoms with Crippen LogP contribution < -0.4 is 5.32 Å². The number of hydrogen-bond donors (Lipinski definition) is 1. The summed E-state index contributed by atoms with van der Waals surface area (Å²) in [4.78, 5) is 21.2. The van der Waals surface area contributed by atoms with E-state index in [2.05, 4.69) is 15.3 Å².